The van der Waals surface area contributed by atoms with Gasteiger partial charge in [-0.15, -0.1) is 0 Å². The van der Waals surface area contributed by atoms with E-state index >= 15 is 0 Å². The molecule has 2 aromatic rings. The van der Waals surface area contributed by atoms with Gasteiger partial charge in [-0.25, -0.2) is 13.1 Å². The molecule has 0 amide bonds. The summed E-state index contributed by atoms with van der Waals surface area (Å²) in [6.45, 7) is 1.85. The quantitative estimate of drug-likeness (QED) is 0.905. The van der Waals surface area contributed by atoms with E-state index in [0.29, 0.717) is 0 Å². The predicted molar refractivity (Wildman–Crippen MR) is 76.4 cm³/mol. The van der Waals surface area contributed by atoms with Crippen molar-refractivity contribution in [1.29, 1.82) is 0 Å². The monoisotopic (exact) mass is 279 g/mol. The Kier molecular flexibility index (Phi) is 3.90. The Labute approximate surface area is 113 Å². The molecule has 1 unspecified atom stereocenters. The van der Waals surface area contributed by atoms with Crippen LogP contribution in [0.4, 0.5) is 5.69 Å². The highest BCUT2D eigenvalue weighted by Crippen LogP contribution is 2.13. The molecule has 0 aliphatic heterocycles. The Morgan fingerprint density at radius 1 is 1.32 bits per heavy atom. The number of hydrogen-bond donors (Lipinski definition) is 1. The molecule has 1 N–H and O–H groups in total. The van der Waals surface area contributed by atoms with Crippen molar-refractivity contribution in [2.75, 3.05) is 17.3 Å². The Balaban J connectivity index is 2.03. The van der Waals surface area contributed by atoms with E-state index in [1.165, 1.54) is 6.26 Å². The zero-order valence-electron chi connectivity index (χ0n) is 10.9. The van der Waals surface area contributed by atoms with Gasteiger partial charge < -0.3 is 5.32 Å². The fourth-order valence-electron chi connectivity index (χ4n) is 1.91. The summed E-state index contributed by atoms with van der Waals surface area (Å²) in [6.07, 6.45) is 4.83. The van der Waals surface area contributed by atoms with Crippen LogP contribution in [-0.2, 0) is 9.84 Å². The smallest absolute Gasteiger partial charge is 0.149 e. The van der Waals surface area contributed by atoms with Crippen molar-refractivity contribution in [3.63, 3.8) is 0 Å². The molecule has 1 aromatic heterocycles. The number of anilines is 1. The number of rotatable bonds is 5. The lowest BCUT2D eigenvalue weighted by Gasteiger charge is -2.14. The van der Waals surface area contributed by atoms with E-state index in [0.717, 1.165) is 11.4 Å². The van der Waals surface area contributed by atoms with Crippen LogP contribution in [0.3, 0.4) is 0 Å². The van der Waals surface area contributed by atoms with E-state index in [9.17, 15) is 8.42 Å². The van der Waals surface area contributed by atoms with Gasteiger partial charge in [0.25, 0.3) is 0 Å². The molecule has 1 atom stereocenters. The van der Waals surface area contributed by atoms with Gasteiger partial charge in [-0.3, -0.25) is 0 Å². The molecule has 0 fully saturated rings. The first-order valence-corrected chi connectivity index (χ1v) is 8.04. The van der Waals surface area contributed by atoms with Crippen LogP contribution in [0.1, 0.15) is 6.92 Å². The van der Waals surface area contributed by atoms with Crippen molar-refractivity contribution in [2.45, 2.75) is 13.0 Å². The molecule has 0 spiro atoms. The Bertz CT molecular complexity index is 618. The van der Waals surface area contributed by atoms with Gasteiger partial charge in [-0.05, 0) is 37.3 Å². The number of benzene rings is 1. The minimum absolute atomic E-state index is 0.119. The molecule has 102 valence electrons. The molecular weight excluding hydrogens is 262 g/mol. The van der Waals surface area contributed by atoms with Crippen LogP contribution in [0, 0.1) is 0 Å². The third kappa shape index (κ3) is 4.10. The van der Waals surface area contributed by atoms with Crippen molar-refractivity contribution in [3.05, 3.63) is 42.7 Å². The average Bonchev–Trinajstić information content (AvgIpc) is 2.80. The minimum Gasteiger partial charge on any atom is -0.382 e. The van der Waals surface area contributed by atoms with Gasteiger partial charge >= 0.3 is 0 Å². The van der Waals surface area contributed by atoms with Crippen LogP contribution < -0.4 is 5.32 Å². The number of nitrogens with one attached hydrogen (secondary N) is 1. The molecule has 0 aliphatic rings. The van der Waals surface area contributed by atoms with Crippen molar-refractivity contribution in [2.24, 2.45) is 0 Å². The highest BCUT2D eigenvalue weighted by Gasteiger charge is 2.10. The van der Waals surface area contributed by atoms with Gasteiger partial charge in [0.2, 0.25) is 0 Å². The highest BCUT2D eigenvalue weighted by molar-refractivity contribution is 7.90. The van der Waals surface area contributed by atoms with Gasteiger partial charge in [0.1, 0.15) is 9.84 Å². The fourth-order valence-corrected chi connectivity index (χ4v) is 2.90. The second-order valence-electron chi connectivity index (χ2n) is 4.64. The summed E-state index contributed by atoms with van der Waals surface area (Å²) in [7, 11) is -2.96. The Morgan fingerprint density at radius 3 is 2.53 bits per heavy atom. The van der Waals surface area contributed by atoms with Crippen LogP contribution >= 0.6 is 0 Å². The normalized spacial score (nSPS) is 13.2. The zero-order valence-corrected chi connectivity index (χ0v) is 11.8. The van der Waals surface area contributed by atoms with Crippen LogP contribution in [0.25, 0.3) is 5.69 Å². The van der Waals surface area contributed by atoms with E-state index < -0.39 is 9.84 Å². The second-order valence-corrected chi connectivity index (χ2v) is 6.82. The summed E-state index contributed by atoms with van der Waals surface area (Å²) in [5.74, 6) is 0.119. The lowest BCUT2D eigenvalue weighted by molar-refractivity contribution is 0.598. The average molecular weight is 279 g/mol. The van der Waals surface area contributed by atoms with Crippen LogP contribution in [0.2, 0.25) is 0 Å². The van der Waals surface area contributed by atoms with E-state index in [1.807, 2.05) is 43.5 Å². The maximum Gasteiger partial charge on any atom is 0.149 e. The SMILES string of the molecule is CC(CS(C)(=O)=O)Nc1ccc(-n2cccn2)cc1. The van der Waals surface area contributed by atoms with E-state index in [2.05, 4.69) is 10.4 Å². The van der Waals surface area contributed by atoms with Crippen LogP contribution in [-0.4, -0.2) is 36.2 Å². The molecule has 0 radical (unpaired) electrons. The molecule has 0 bridgehead atoms. The topological polar surface area (TPSA) is 64.0 Å². The predicted octanol–water partition coefficient (Wildman–Crippen LogP) is 1.72. The number of nitrogens with zero attached hydrogens (tertiary/aromatic N) is 2. The van der Waals surface area contributed by atoms with Crippen LogP contribution in [0.15, 0.2) is 42.7 Å². The lowest BCUT2D eigenvalue weighted by Crippen LogP contribution is -2.24. The minimum atomic E-state index is -2.96. The first-order chi connectivity index (χ1) is 8.94. The zero-order chi connectivity index (χ0) is 13.9. The standard InChI is InChI=1S/C13H17N3O2S/c1-11(10-19(2,17)18)15-12-4-6-13(7-5-12)16-9-3-8-14-16/h3-9,11,15H,10H2,1-2H3. The Hall–Kier alpha value is -1.82. The molecule has 0 saturated carbocycles. The van der Waals surface area contributed by atoms with E-state index in [4.69, 9.17) is 0 Å². The first kappa shape index (κ1) is 13.6. The molecule has 2 rings (SSSR count). The fraction of sp³-hybridized carbons (Fsp3) is 0.308. The molecule has 0 saturated heterocycles. The highest BCUT2D eigenvalue weighted by atomic mass is 32.2. The molecule has 19 heavy (non-hydrogen) atoms. The van der Waals surface area contributed by atoms with Gasteiger partial charge in [0, 0.05) is 30.4 Å². The molecule has 5 nitrogen and oxygen atoms in total. The molecular formula is C13H17N3O2S. The third-order valence-electron chi connectivity index (χ3n) is 2.60. The second kappa shape index (κ2) is 5.44. The van der Waals surface area contributed by atoms with Crippen molar-refractivity contribution in [1.82, 2.24) is 9.78 Å². The number of hydrogen-bond acceptors (Lipinski definition) is 4. The van der Waals surface area contributed by atoms with Crippen molar-refractivity contribution in [3.8, 4) is 5.69 Å². The van der Waals surface area contributed by atoms with Gasteiger partial charge in [-0.2, -0.15) is 5.10 Å². The van der Waals surface area contributed by atoms with E-state index in [-0.39, 0.29) is 11.8 Å². The summed E-state index contributed by atoms with van der Waals surface area (Å²) < 4.78 is 24.1. The number of sulfone groups is 1. The van der Waals surface area contributed by atoms with Gasteiger partial charge in [0.15, 0.2) is 0 Å². The summed E-state index contributed by atoms with van der Waals surface area (Å²) in [5, 5.41) is 7.30. The first-order valence-electron chi connectivity index (χ1n) is 5.98. The molecule has 6 heteroatoms. The summed E-state index contributed by atoms with van der Waals surface area (Å²) in [5.41, 5.74) is 1.86. The summed E-state index contributed by atoms with van der Waals surface area (Å²) in [6, 6.07) is 9.43. The maximum atomic E-state index is 11.2. The summed E-state index contributed by atoms with van der Waals surface area (Å²) >= 11 is 0. The molecule has 0 aliphatic carbocycles. The van der Waals surface area contributed by atoms with Gasteiger partial charge in [-0.1, -0.05) is 0 Å². The maximum absolute atomic E-state index is 11.2. The van der Waals surface area contributed by atoms with E-state index in [1.54, 1.807) is 10.9 Å². The summed E-state index contributed by atoms with van der Waals surface area (Å²) in [4.78, 5) is 0. The van der Waals surface area contributed by atoms with Gasteiger partial charge in [0.05, 0.1) is 11.4 Å². The Morgan fingerprint density at radius 2 is 2.00 bits per heavy atom. The van der Waals surface area contributed by atoms with Crippen molar-refractivity contribution < 1.29 is 8.42 Å². The molecule has 1 heterocycles. The molecule has 1 aromatic carbocycles. The van der Waals surface area contributed by atoms with Crippen molar-refractivity contribution >= 4 is 15.5 Å². The largest absolute Gasteiger partial charge is 0.382 e. The van der Waals surface area contributed by atoms with Crippen LogP contribution in [0.5, 0.6) is 0 Å². The lowest BCUT2D eigenvalue weighted by atomic mass is 10.2. The third-order valence-corrected chi connectivity index (χ3v) is 3.71. The number of aromatic nitrogens is 2.